The first kappa shape index (κ1) is 16.8. The topological polar surface area (TPSA) is 60.0 Å². The largest absolute Gasteiger partial charge is 0.389 e. The zero-order chi connectivity index (χ0) is 12.9. The van der Waals surface area contributed by atoms with Gasteiger partial charge in [0.05, 0.1) is 25.9 Å². The molecule has 0 saturated carbocycles. The lowest BCUT2D eigenvalue weighted by Crippen LogP contribution is -2.34. The van der Waals surface area contributed by atoms with Crippen LogP contribution < -0.4 is 5.32 Å². The molecule has 0 aliphatic rings. The molecule has 0 radical (unpaired) electrons. The van der Waals surface area contributed by atoms with Crippen molar-refractivity contribution in [3.63, 3.8) is 0 Å². The Hall–Kier alpha value is -0.200. The maximum atomic E-state index is 9.59. The van der Waals surface area contributed by atoms with E-state index in [1.54, 1.807) is 7.11 Å². The zero-order valence-electron chi connectivity index (χ0n) is 11.3. The Kier molecular flexibility index (Phi) is 12.1. The fraction of sp³-hybridized carbons (Fsp3) is 1.00. The van der Waals surface area contributed by atoms with Gasteiger partial charge in [-0.15, -0.1) is 0 Å². The molecule has 5 nitrogen and oxygen atoms in total. The zero-order valence-corrected chi connectivity index (χ0v) is 11.3. The molecule has 0 fully saturated rings. The minimum Gasteiger partial charge on any atom is -0.389 e. The lowest BCUT2D eigenvalue weighted by molar-refractivity contribution is 0.00611. The molecule has 0 heterocycles. The van der Waals surface area contributed by atoms with Crippen molar-refractivity contribution >= 4 is 0 Å². The highest BCUT2D eigenvalue weighted by molar-refractivity contribution is 4.61. The van der Waals surface area contributed by atoms with E-state index in [1.807, 2.05) is 6.92 Å². The van der Waals surface area contributed by atoms with Gasteiger partial charge in [-0.1, -0.05) is 6.92 Å². The van der Waals surface area contributed by atoms with Crippen molar-refractivity contribution in [3.8, 4) is 0 Å². The molecular formula is C12H27NO4. The number of hydrogen-bond donors (Lipinski definition) is 2. The molecule has 2 unspecified atom stereocenters. The maximum absolute atomic E-state index is 9.59. The minimum atomic E-state index is -0.466. The smallest absolute Gasteiger partial charge is 0.0897 e. The maximum Gasteiger partial charge on any atom is 0.0897 e. The van der Waals surface area contributed by atoms with Crippen molar-refractivity contribution < 1.29 is 19.3 Å². The summed E-state index contributed by atoms with van der Waals surface area (Å²) < 4.78 is 15.4. The van der Waals surface area contributed by atoms with Crippen LogP contribution in [0.25, 0.3) is 0 Å². The van der Waals surface area contributed by atoms with Crippen LogP contribution >= 0.6 is 0 Å². The normalized spacial score (nSPS) is 14.8. The lowest BCUT2D eigenvalue weighted by Gasteiger charge is -2.15. The van der Waals surface area contributed by atoms with Crippen molar-refractivity contribution in [1.82, 2.24) is 5.32 Å². The molecule has 0 saturated heterocycles. The summed E-state index contributed by atoms with van der Waals surface area (Å²) in [7, 11) is 1.69. The lowest BCUT2D eigenvalue weighted by atomic mass is 10.2. The van der Waals surface area contributed by atoms with Gasteiger partial charge >= 0.3 is 0 Å². The van der Waals surface area contributed by atoms with Crippen LogP contribution in [0.5, 0.6) is 0 Å². The van der Waals surface area contributed by atoms with Crippen molar-refractivity contribution in [2.24, 2.45) is 5.92 Å². The van der Waals surface area contributed by atoms with Gasteiger partial charge in [0, 0.05) is 26.9 Å². The molecule has 0 spiro atoms. The van der Waals surface area contributed by atoms with Gasteiger partial charge in [-0.2, -0.15) is 0 Å². The average molecular weight is 249 g/mol. The van der Waals surface area contributed by atoms with Crippen molar-refractivity contribution in [2.75, 3.05) is 53.2 Å². The van der Waals surface area contributed by atoms with Crippen LogP contribution in [-0.2, 0) is 14.2 Å². The summed E-state index contributed by atoms with van der Waals surface area (Å²) in [6, 6.07) is 0. The molecule has 0 rings (SSSR count). The highest BCUT2D eigenvalue weighted by Crippen LogP contribution is 1.92. The van der Waals surface area contributed by atoms with Crippen molar-refractivity contribution in [2.45, 2.75) is 20.0 Å². The summed E-state index contributed by atoms with van der Waals surface area (Å²) in [4.78, 5) is 0. The molecule has 104 valence electrons. The second-order valence-electron chi connectivity index (χ2n) is 4.14. The van der Waals surface area contributed by atoms with E-state index in [0.717, 1.165) is 13.2 Å². The molecule has 0 bridgehead atoms. The summed E-state index contributed by atoms with van der Waals surface area (Å²) in [6.07, 6.45) is -0.466. The third kappa shape index (κ3) is 12.1. The molecule has 17 heavy (non-hydrogen) atoms. The van der Waals surface area contributed by atoms with Crippen LogP contribution in [0.1, 0.15) is 13.8 Å². The third-order valence-corrected chi connectivity index (χ3v) is 2.21. The van der Waals surface area contributed by atoms with E-state index in [4.69, 9.17) is 14.2 Å². The summed E-state index contributed by atoms with van der Waals surface area (Å²) in [5.41, 5.74) is 0. The number of hydrogen-bond acceptors (Lipinski definition) is 5. The number of aliphatic hydroxyl groups excluding tert-OH is 1. The van der Waals surface area contributed by atoms with E-state index in [9.17, 15) is 5.11 Å². The van der Waals surface area contributed by atoms with E-state index < -0.39 is 6.10 Å². The second-order valence-corrected chi connectivity index (χ2v) is 4.14. The molecule has 0 aliphatic carbocycles. The highest BCUT2D eigenvalue weighted by atomic mass is 16.5. The van der Waals surface area contributed by atoms with Crippen molar-refractivity contribution in [1.29, 1.82) is 0 Å². The second kappa shape index (κ2) is 12.3. The van der Waals surface area contributed by atoms with E-state index in [1.165, 1.54) is 0 Å². The molecule has 2 atom stereocenters. The van der Waals surface area contributed by atoms with Gasteiger partial charge in [-0.25, -0.2) is 0 Å². The predicted octanol–water partition coefficient (Wildman–Crippen LogP) is 0.273. The Balaban J connectivity index is 3.25. The number of aliphatic hydroxyl groups is 1. The Morgan fingerprint density at radius 1 is 1.12 bits per heavy atom. The quantitative estimate of drug-likeness (QED) is 0.486. The molecular weight excluding hydrogens is 222 g/mol. The van der Waals surface area contributed by atoms with Crippen LogP contribution in [0.4, 0.5) is 0 Å². The molecule has 0 aliphatic heterocycles. The fourth-order valence-corrected chi connectivity index (χ4v) is 1.38. The van der Waals surface area contributed by atoms with E-state index in [2.05, 4.69) is 12.2 Å². The molecule has 0 aromatic carbocycles. The van der Waals surface area contributed by atoms with E-state index >= 15 is 0 Å². The SMILES string of the molecule is CCOCCOCC(O)CNCC(C)COC. The van der Waals surface area contributed by atoms with E-state index in [-0.39, 0.29) is 0 Å². The van der Waals surface area contributed by atoms with Gasteiger partial charge in [0.2, 0.25) is 0 Å². The molecule has 0 amide bonds. The molecule has 0 aromatic rings. The van der Waals surface area contributed by atoms with Crippen LogP contribution in [0.15, 0.2) is 0 Å². The van der Waals surface area contributed by atoms with Gasteiger partial charge in [0.1, 0.15) is 0 Å². The first-order chi connectivity index (χ1) is 8.20. The standard InChI is InChI=1S/C12H27NO4/c1-4-16-5-6-17-10-12(14)8-13-7-11(2)9-15-3/h11-14H,4-10H2,1-3H3. The van der Waals surface area contributed by atoms with Crippen LogP contribution in [0.2, 0.25) is 0 Å². The van der Waals surface area contributed by atoms with Gasteiger partial charge in [0.15, 0.2) is 0 Å². The first-order valence-electron chi connectivity index (χ1n) is 6.23. The van der Waals surface area contributed by atoms with E-state index in [0.29, 0.717) is 38.9 Å². The Labute approximate surface area is 104 Å². The summed E-state index contributed by atoms with van der Waals surface area (Å²) in [5.74, 6) is 0.450. The Morgan fingerprint density at radius 3 is 2.47 bits per heavy atom. The minimum absolute atomic E-state index is 0.346. The van der Waals surface area contributed by atoms with Gasteiger partial charge in [0.25, 0.3) is 0 Å². The molecule has 2 N–H and O–H groups in total. The number of methoxy groups -OCH3 is 1. The number of ether oxygens (including phenoxy) is 3. The predicted molar refractivity (Wildman–Crippen MR) is 67.2 cm³/mol. The first-order valence-corrected chi connectivity index (χ1v) is 6.23. The average Bonchev–Trinajstić information content (AvgIpc) is 2.29. The monoisotopic (exact) mass is 249 g/mol. The van der Waals surface area contributed by atoms with Gasteiger partial charge in [-0.3, -0.25) is 0 Å². The molecule has 0 aromatic heterocycles. The van der Waals surface area contributed by atoms with Crippen LogP contribution in [0, 0.1) is 5.92 Å². The molecule has 5 heteroatoms. The van der Waals surface area contributed by atoms with Gasteiger partial charge in [-0.05, 0) is 19.4 Å². The van der Waals surface area contributed by atoms with Gasteiger partial charge < -0.3 is 24.6 Å². The third-order valence-electron chi connectivity index (χ3n) is 2.21. The number of rotatable bonds is 12. The fourth-order valence-electron chi connectivity index (χ4n) is 1.38. The van der Waals surface area contributed by atoms with Crippen molar-refractivity contribution in [3.05, 3.63) is 0 Å². The summed E-state index contributed by atoms with van der Waals surface area (Å²) >= 11 is 0. The highest BCUT2D eigenvalue weighted by Gasteiger charge is 2.05. The van der Waals surface area contributed by atoms with Crippen LogP contribution in [-0.4, -0.2) is 64.4 Å². The summed E-state index contributed by atoms with van der Waals surface area (Å²) in [5, 5.41) is 12.8. The summed E-state index contributed by atoms with van der Waals surface area (Å²) in [6.45, 7) is 8.32. The Bertz CT molecular complexity index is 157. The number of nitrogens with one attached hydrogen (secondary N) is 1. The Morgan fingerprint density at radius 2 is 1.82 bits per heavy atom. The van der Waals surface area contributed by atoms with Crippen LogP contribution in [0.3, 0.4) is 0 Å².